The second kappa shape index (κ2) is 10.9. The van der Waals surface area contributed by atoms with Gasteiger partial charge in [-0.2, -0.15) is 12.6 Å². The Morgan fingerprint density at radius 3 is 2.12 bits per heavy atom. The lowest BCUT2D eigenvalue weighted by Gasteiger charge is -2.25. The predicted octanol–water partition coefficient (Wildman–Crippen LogP) is -1.52. The zero-order valence-corrected chi connectivity index (χ0v) is 14.9. The summed E-state index contributed by atoms with van der Waals surface area (Å²) in [4.78, 5) is 46.5. The van der Waals surface area contributed by atoms with Gasteiger partial charge in [-0.05, 0) is 12.8 Å². The van der Waals surface area contributed by atoms with Crippen LogP contribution < -0.4 is 21.7 Å². The molecule has 4 unspecified atom stereocenters. The van der Waals surface area contributed by atoms with Crippen molar-refractivity contribution in [2.45, 2.75) is 45.3 Å². The second-order valence-corrected chi connectivity index (χ2v) is 5.88. The fourth-order valence-corrected chi connectivity index (χ4v) is 1.95. The minimum Gasteiger partial charge on any atom is -0.480 e. The normalized spacial score (nSPS) is 15.5. The third kappa shape index (κ3) is 7.64. The lowest BCUT2D eigenvalue weighted by atomic mass is 9.98. The molecular weight excluding hydrogens is 336 g/mol. The molecule has 0 spiro atoms. The Labute approximate surface area is 146 Å². The van der Waals surface area contributed by atoms with Crippen molar-refractivity contribution in [1.29, 1.82) is 0 Å². The maximum Gasteiger partial charge on any atom is 0.327 e. The Balaban J connectivity index is 4.83. The Bertz CT molecular complexity index is 472. The molecule has 0 aromatic rings. The van der Waals surface area contributed by atoms with Crippen LogP contribution in [0.3, 0.4) is 0 Å². The Kier molecular flexibility index (Phi) is 10.0. The van der Waals surface area contributed by atoms with Crippen LogP contribution in [-0.2, 0) is 19.2 Å². The number of carbonyl (C=O) groups is 4. The lowest BCUT2D eigenvalue weighted by molar-refractivity contribution is -0.141. The number of carbonyl (C=O) groups excluding carboxylic acids is 3. The summed E-state index contributed by atoms with van der Waals surface area (Å²) in [5.74, 6) is -3.19. The summed E-state index contributed by atoms with van der Waals surface area (Å²) in [5.41, 5.74) is 5.37. The van der Waals surface area contributed by atoms with Gasteiger partial charge in [-0.15, -0.1) is 0 Å². The van der Waals surface area contributed by atoms with Gasteiger partial charge < -0.3 is 26.8 Å². The zero-order chi connectivity index (χ0) is 18.9. The van der Waals surface area contributed by atoms with Gasteiger partial charge in [0.1, 0.15) is 12.1 Å². The molecule has 0 aliphatic rings. The summed E-state index contributed by atoms with van der Waals surface area (Å²) in [7, 11) is 0. The van der Waals surface area contributed by atoms with Crippen LogP contribution in [0.4, 0.5) is 0 Å². The highest BCUT2D eigenvalue weighted by molar-refractivity contribution is 7.80. The third-order valence-corrected chi connectivity index (χ3v) is 3.81. The number of carboxylic acids is 1. The van der Waals surface area contributed by atoms with Crippen molar-refractivity contribution in [3.05, 3.63) is 0 Å². The van der Waals surface area contributed by atoms with Gasteiger partial charge in [0.2, 0.25) is 17.7 Å². The third-order valence-electron chi connectivity index (χ3n) is 3.45. The van der Waals surface area contributed by atoms with Crippen molar-refractivity contribution < 1.29 is 24.3 Å². The smallest absolute Gasteiger partial charge is 0.327 e. The van der Waals surface area contributed by atoms with E-state index in [0.29, 0.717) is 6.42 Å². The van der Waals surface area contributed by atoms with E-state index in [1.807, 2.05) is 6.92 Å². The number of hydrogen-bond acceptors (Lipinski definition) is 6. The van der Waals surface area contributed by atoms with E-state index in [-0.39, 0.29) is 18.2 Å². The minimum absolute atomic E-state index is 0.0767. The number of rotatable bonds is 10. The SMILES string of the molecule is CCC(C)C(NC(=O)CNC(=O)C(C)N)C(=O)NC(CS)C(=O)O. The number of amides is 3. The maximum absolute atomic E-state index is 12.3. The fraction of sp³-hybridized carbons (Fsp3) is 0.714. The molecule has 4 atom stereocenters. The first-order valence-corrected chi connectivity index (χ1v) is 8.23. The summed E-state index contributed by atoms with van der Waals surface area (Å²) in [6.07, 6.45) is 0.586. The highest BCUT2D eigenvalue weighted by atomic mass is 32.1. The van der Waals surface area contributed by atoms with Gasteiger partial charge >= 0.3 is 5.97 Å². The van der Waals surface area contributed by atoms with Crippen LogP contribution in [-0.4, -0.2) is 59.2 Å². The molecule has 9 nitrogen and oxygen atoms in total. The molecule has 6 N–H and O–H groups in total. The van der Waals surface area contributed by atoms with Crippen LogP contribution in [0.25, 0.3) is 0 Å². The van der Waals surface area contributed by atoms with Crippen molar-refractivity contribution in [3.63, 3.8) is 0 Å². The summed E-state index contributed by atoms with van der Waals surface area (Å²) in [5, 5.41) is 16.1. The van der Waals surface area contributed by atoms with Gasteiger partial charge in [0.25, 0.3) is 0 Å². The highest BCUT2D eigenvalue weighted by Crippen LogP contribution is 2.08. The number of thiol groups is 1. The van der Waals surface area contributed by atoms with E-state index in [2.05, 4.69) is 28.6 Å². The van der Waals surface area contributed by atoms with E-state index >= 15 is 0 Å². The molecule has 0 bridgehead atoms. The first-order valence-electron chi connectivity index (χ1n) is 7.60. The van der Waals surface area contributed by atoms with Gasteiger partial charge in [-0.3, -0.25) is 14.4 Å². The van der Waals surface area contributed by atoms with Crippen LogP contribution in [0, 0.1) is 5.92 Å². The molecule has 0 aromatic carbocycles. The molecule has 0 heterocycles. The van der Waals surface area contributed by atoms with E-state index in [1.54, 1.807) is 6.92 Å². The summed E-state index contributed by atoms with van der Waals surface area (Å²) in [6, 6.07) is -2.82. The average molecular weight is 362 g/mol. The van der Waals surface area contributed by atoms with Crippen LogP contribution in [0.15, 0.2) is 0 Å². The van der Waals surface area contributed by atoms with Crippen LogP contribution in [0.1, 0.15) is 27.2 Å². The summed E-state index contributed by atoms with van der Waals surface area (Å²) in [6.45, 7) is 4.74. The lowest BCUT2D eigenvalue weighted by Crippen LogP contribution is -2.56. The van der Waals surface area contributed by atoms with Crippen molar-refractivity contribution >= 4 is 36.3 Å². The van der Waals surface area contributed by atoms with Crippen LogP contribution in [0.2, 0.25) is 0 Å². The minimum atomic E-state index is -1.21. The molecule has 24 heavy (non-hydrogen) atoms. The molecule has 0 fully saturated rings. The van der Waals surface area contributed by atoms with E-state index in [9.17, 15) is 19.2 Å². The topological polar surface area (TPSA) is 151 Å². The van der Waals surface area contributed by atoms with E-state index < -0.39 is 41.8 Å². The van der Waals surface area contributed by atoms with Crippen molar-refractivity contribution in [3.8, 4) is 0 Å². The van der Waals surface area contributed by atoms with Crippen molar-refractivity contribution in [2.75, 3.05) is 12.3 Å². The number of nitrogens with one attached hydrogen (secondary N) is 3. The first kappa shape index (κ1) is 22.2. The maximum atomic E-state index is 12.3. The van der Waals surface area contributed by atoms with Gasteiger partial charge in [-0.25, -0.2) is 4.79 Å². The highest BCUT2D eigenvalue weighted by Gasteiger charge is 2.29. The molecular formula is C14H26N4O5S. The van der Waals surface area contributed by atoms with E-state index in [4.69, 9.17) is 10.8 Å². The number of hydrogen-bond donors (Lipinski definition) is 6. The van der Waals surface area contributed by atoms with Crippen molar-refractivity contribution in [1.82, 2.24) is 16.0 Å². The Hall–Kier alpha value is -1.81. The number of nitrogens with two attached hydrogens (primary N) is 1. The quantitative estimate of drug-likeness (QED) is 0.260. The molecule has 0 saturated heterocycles. The zero-order valence-electron chi connectivity index (χ0n) is 14.0. The van der Waals surface area contributed by atoms with Gasteiger partial charge in [0, 0.05) is 5.75 Å². The van der Waals surface area contributed by atoms with E-state index in [0.717, 1.165) is 0 Å². The van der Waals surface area contributed by atoms with Crippen LogP contribution in [0.5, 0.6) is 0 Å². The van der Waals surface area contributed by atoms with Gasteiger partial charge in [0.05, 0.1) is 12.6 Å². The molecule has 0 saturated carbocycles. The van der Waals surface area contributed by atoms with Gasteiger partial charge in [-0.1, -0.05) is 20.3 Å². The molecule has 138 valence electrons. The number of carboxylic acid groups (broad SMARTS) is 1. The number of aliphatic carboxylic acids is 1. The fourth-order valence-electron chi connectivity index (χ4n) is 1.70. The molecule has 0 radical (unpaired) electrons. The standard InChI is InChI=1S/C14H26N4O5S/c1-4-7(2)11(13(21)17-9(6-24)14(22)23)18-10(19)5-16-12(20)8(3)15/h7-9,11,24H,4-6,15H2,1-3H3,(H,16,20)(H,17,21)(H,18,19)(H,22,23). The Morgan fingerprint density at radius 2 is 1.71 bits per heavy atom. The predicted molar refractivity (Wildman–Crippen MR) is 91.5 cm³/mol. The molecule has 3 amide bonds. The first-order chi connectivity index (χ1) is 11.1. The summed E-state index contributed by atoms with van der Waals surface area (Å²) >= 11 is 3.88. The summed E-state index contributed by atoms with van der Waals surface area (Å²) < 4.78 is 0. The molecule has 0 aromatic heterocycles. The van der Waals surface area contributed by atoms with Crippen LogP contribution >= 0.6 is 12.6 Å². The Morgan fingerprint density at radius 1 is 1.12 bits per heavy atom. The molecule has 0 aliphatic heterocycles. The molecule has 0 rings (SSSR count). The average Bonchev–Trinajstić information content (AvgIpc) is 2.53. The monoisotopic (exact) mass is 362 g/mol. The van der Waals surface area contributed by atoms with Gasteiger partial charge in [0.15, 0.2) is 0 Å². The molecule has 10 heteroatoms. The van der Waals surface area contributed by atoms with E-state index in [1.165, 1.54) is 6.92 Å². The second-order valence-electron chi connectivity index (χ2n) is 5.52. The largest absolute Gasteiger partial charge is 0.480 e. The molecule has 0 aliphatic carbocycles. The van der Waals surface area contributed by atoms with Crippen molar-refractivity contribution in [2.24, 2.45) is 11.7 Å².